The van der Waals surface area contributed by atoms with Crippen LogP contribution in [0.15, 0.2) is 24.3 Å². The molecule has 1 atom stereocenters. The lowest BCUT2D eigenvalue weighted by atomic mass is 10.0. The van der Waals surface area contributed by atoms with Crippen LogP contribution in [-0.2, 0) is 0 Å². The first kappa shape index (κ1) is 12.6. The zero-order valence-electron chi connectivity index (χ0n) is 10.4. The standard InChI is InChI=1S/C13H20N2O/c1-9(2)10(3)15(4)13(16)11-5-7-12(14)8-6-11/h5-10H,14H2,1-4H3. The van der Waals surface area contributed by atoms with E-state index in [1.807, 2.05) is 7.05 Å². The minimum absolute atomic E-state index is 0.0428. The molecule has 0 radical (unpaired) electrons. The topological polar surface area (TPSA) is 46.3 Å². The summed E-state index contributed by atoms with van der Waals surface area (Å²) in [6.45, 7) is 6.27. The van der Waals surface area contributed by atoms with Gasteiger partial charge in [-0.2, -0.15) is 0 Å². The van der Waals surface area contributed by atoms with Crippen LogP contribution in [0.3, 0.4) is 0 Å². The fourth-order valence-electron chi connectivity index (χ4n) is 1.46. The largest absolute Gasteiger partial charge is 0.399 e. The maximum atomic E-state index is 12.1. The Hall–Kier alpha value is -1.51. The highest BCUT2D eigenvalue weighted by molar-refractivity contribution is 5.94. The molecule has 1 unspecified atom stereocenters. The van der Waals surface area contributed by atoms with Crippen LogP contribution >= 0.6 is 0 Å². The van der Waals surface area contributed by atoms with Crippen molar-refractivity contribution in [3.05, 3.63) is 29.8 Å². The van der Waals surface area contributed by atoms with Crippen LogP contribution in [0.5, 0.6) is 0 Å². The lowest BCUT2D eigenvalue weighted by Gasteiger charge is -2.28. The van der Waals surface area contributed by atoms with Crippen molar-refractivity contribution in [2.45, 2.75) is 26.8 Å². The van der Waals surface area contributed by atoms with Gasteiger partial charge in [-0.15, -0.1) is 0 Å². The first-order valence-electron chi connectivity index (χ1n) is 5.56. The molecule has 0 heterocycles. The average Bonchev–Trinajstić information content (AvgIpc) is 2.27. The van der Waals surface area contributed by atoms with Crippen LogP contribution < -0.4 is 5.73 Å². The van der Waals surface area contributed by atoms with Gasteiger partial charge in [0.2, 0.25) is 0 Å². The van der Waals surface area contributed by atoms with Crippen LogP contribution in [0.2, 0.25) is 0 Å². The molecule has 0 spiro atoms. The number of hydrogen-bond donors (Lipinski definition) is 1. The summed E-state index contributed by atoms with van der Waals surface area (Å²) in [5.41, 5.74) is 6.95. The fraction of sp³-hybridized carbons (Fsp3) is 0.462. The van der Waals surface area contributed by atoms with E-state index in [9.17, 15) is 4.79 Å². The summed E-state index contributed by atoms with van der Waals surface area (Å²) in [6.07, 6.45) is 0. The number of carbonyl (C=O) groups is 1. The normalized spacial score (nSPS) is 12.6. The Bertz CT molecular complexity index is 357. The number of hydrogen-bond acceptors (Lipinski definition) is 2. The molecule has 0 saturated heterocycles. The number of nitrogens with two attached hydrogens (primary N) is 1. The van der Waals surface area contributed by atoms with Gasteiger partial charge in [-0.1, -0.05) is 13.8 Å². The van der Waals surface area contributed by atoms with E-state index in [2.05, 4.69) is 20.8 Å². The summed E-state index contributed by atoms with van der Waals surface area (Å²) in [6, 6.07) is 7.26. The third-order valence-corrected chi connectivity index (χ3v) is 3.05. The Balaban J connectivity index is 2.82. The van der Waals surface area contributed by atoms with Crippen LogP contribution in [0.1, 0.15) is 31.1 Å². The minimum atomic E-state index is 0.0428. The number of anilines is 1. The summed E-state index contributed by atoms with van der Waals surface area (Å²) >= 11 is 0. The average molecular weight is 220 g/mol. The Morgan fingerprint density at radius 2 is 1.69 bits per heavy atom. The van der Waals surface area contributed by atoms with E-state index < -0.39 is 0 Å². The number of nitrogen functional groups attached to an aromatic ring is 1. The number of carbonyl (C=O) groups excluding carboxylic acids is 1. The van der Waals surface area contributed by atoms with Crippen molar-refractivity contribution in [2.24, 2.45) is 5.92 Å². The van der Waals surface area contributed by atoms with Crippen molar-refractivity contribution in [3.8, 4) is 0 Å². The van der Waals surface area contributed by atoms with E-state index in [4.69, 9.17) is 5.73 Å². The molecule has 88 valence electrons. The van der Waals surface area contributed by atoms with Crippen LogP contribution in [0.4, 0.5) is 5.69 Å². The Labute approximate surface area is 97.2 Å². The third kappa shape index (κ3) is 2.75. The second kappa shape index (κ2) is 5.01. The minimum Gasteiger partial charge on any atom is -0.399 e. The predicted octanol–water partition coefficient (Wildman–Crippen LogP) is 2.39. The fourth-order valence-corrected chi connectivity index (χ4v) is 1.46. The van der Waals surface area contributed by atoms with Crippen molar-refractivity contribution in [1.29, 1.82) is 0 Å². The highest BCUT2D eigenvalue weighted by Crippen LogP contribution is 2.13. The van der Waals surface area contributed by atoms with Gasteiger partial charge in [0, 0.05) is 24.3 Å². The molecule has 0 saturated carbocycles. The molecule has 0 bridgehead atoms. The highest BCUT2D eigenvalue weighted by Gasteiger charge is 2.19. The maximum absolute atomic E-state index is 12.1. The molecule has 2 N–H and O–H groups in total. The van der Waals surface area contributed by atoms with Gasteiger partial charge in [-0.3, -0.25) is 4.79 Å². The van der Waals surface area contributed by atoms with Gasteiger partial charge in [0.15, 0.2) is 0 Å². The monoisotopic (exact) mass is 220 g/mol. The lowest BCUT2D eigenvalue weighted by molar-refractivity contribution is 0.0707. The summed E-state index contributed by atoms with van der Waals surface area (Å²) in [5.74, 6) is 0.490. The molecule has 3 heteroatoms. The van der Waals surface area contributed by atoms with Crippen LogP contribution in [-0.4, -0.2) is 23.9 Å². The van der Waals surface area contributed by atoms with E-state index in [0.29, 0.717) is 17.2 Å². The molecule has 1 rings (SSSR count). The van der Waals surface area contributed by atoms with E-state index in [0.717, 1.165) is 0 Å². The quantitative estimate of drug-likeness (QED) is 0.795. The molecule has 0 aromatic heterocycles. The van der Waals surface area contributed by atoms with Crippen molar-refractivity contribution < 1.29 is 4.79 Å². The molecule has 0 aliphatic rings. The molecule has 16 heavy (non-hydrogen) atoms. The first-order valence-corrected chi connectivity index (χ1v) is 5.56. The predicted molar refractivity (Wildman–Crippen MR) is 67.2 cm³/mol. The molecular formula is C13H20N2O. The lowest BCUT2D eigenvalue weighted by Crippen LogP contribution is -2.38. The number of rotatable bonds is 3. The summed E-state index contributed by atoms with van der Waals surface area (Å²) in [7, 11) is 1.84. The van der Waals surface area contributed by atoms with E-state index in [-0.39, 0.29) is 11.9 Å². The Morgan fingerprint density at radius 1 is 1.19 bits per heavy atom. The SMILES string of the molecule is CC(C)C(C)N(C)C(=O)c1ccc(N)cc1. The van der Waals surface area contributed by atoms with Gasteiger partial charge < -0.3 is 10.6 Å². The van der Waals surface area contributed by atoms with Crippen molar-refractivity contribution in [3.63, 3.8) is 0 Å². The first-order chi connectivity index (χ1) is 7.43. The highest BCUT2D eigenvalue weighted by atomic mass is 16.2. The zero-order valence-corrected chi connectivity index (χ0v) is 10.4. The van der Waals surface area contributed by atoms with Gasteiger partial charge in [0.1, 0.15) is 0 Å². The van der Waals surface area contributed by atoms with Gasteiger partial charge in [0.05, 0.1) is 0 Å². The molecule has 0 fully saturated rings. The van der Waals surface area contributed by atoms with Crippen molar-refractivity contribution in [2.75, 3.05) is 12.8 Å². The Morgan fingerprint density at radius 3 is 2.12 bits per heavy atom. The summed E-state index contributed by atoms with van der Waals surface area (Å²) in [4.78, 5) is 13.9. The van der Waals surface area contributed by atoms with E-state index in [1.54, 1.807) is 29.2 Å². The maximum Gasteiger partial charge on any atom is 0.253 e. The van der Waals surface area contributed by atoms with Crippen LogP contribution in [0, 0.1) is 5.92 Å². The number of amides is 1. The van der Waals surface area contributed by atoms with Gasteiger partial charge in [-0.05, 0) is 37.1 Å². The van der Waals surface area contributed by atoms with E-state index in [1.165, 1.54) is 0 Å². The molecule has 1 aromatic rings. The Kier molecular flexibility index (Phi) is 3.93. The van der Waals surface area contributed by atoms with Gasteiger partial charge in [-0.25, -0.2) is 0 Å². The zero-order chi connectivity index (χ0) is 12.3. The molecule has 3 nitrogen and oxygen atoms in total. The summed E-state index contributed by atoms with van der Waals surface area (Å²) < 4.78 is 0. The summed E-state index contributed by atoms with van der Waals surface area (Å²) in [5, 5.41) is 0. The van der Waals surface area contributed by atoms with Crippen LogP contribution in [0.25, 0.3) is 0 Å². The van der Waals surface area contributed by atoms with Crippen molar-refractivity contribution >= 4 is 11.6 Å². The molecular weight excluding hydrogens is 200 g/mol. The molecule has 0 aliphatic carbocycles. The smallest absolute Gasteiger partial charge is 0.253 e. The second-order valence-corrected chi connectivity index (χ2v) is 4.52. The van der Waals surface area contributed by atoms with Gasteiger partial charge >= 0.3 is 0 Å². The second-order valence-electron chi connectivity index (χ2n) is 4.52. The molecule has 1 amide bonds. The number of nitrogens with zero attached hydrogens (tertiary/aromatic N) is 1. The van der Waals surface area contributed by atoms with E-state index >= 15 is 0 Å². The third-order valence-electron chi connectivity index (χ3n) is 3.05. The van der Waals surface area contributed by atoms with Gasteiger partial charge in [0.25, 0.3) is 5.91 Å². The molecule has 0 aliphatic heterocycles. The van der Waals surface area contributed by atoms with Crippen molar-refractivity contribution in [1.82, 2.24) is 4.90 Å². The molecule has 1 aromatic carbocycles. The number of benzene rings is 1.